The van der Waals surface area contributed by atoms with E-state index >= 15 is 0 Å². The molecule has 0 aromatic heterocycles. The molecule has 2 rings (SSSR count). The molecule has 0 fully saturated rings. The normalized spacial score (nSPS) is 11.7. The molecular formula is C17H20N2O3. The monoisotopic (exact) mass is 300 g/mol. The van der Waals surface area contributed by atoms with Crippen molar-refractivity contribution in [2.45, 2.75) is 19.6 Å². The van der Waals surface area contributed by atoms with Crippen LogP contribution in [-0.2, 0) is 16.1 Å². The van der Waals surface area contributed by atoms with Crippen LogP contribution in [0.1, 0.15) is 12.5 Å². The average Bonchev–Trinajstić information content (AvgIpc) is 2.53. The van der Waals surface area contributed by atoms with Gasteiger partial charge in [0.2, 0.25) is 0 Å². The molecule has 116 valence electrons. The van der Waals surface area contributed by atoms with Gasteiger partial charge >= 0.3 is 0 Å². The zero-order chi connectivity index (χ0) is 15.9. The van der Waals surface area contributed by atoms with E-state index in [2.05, 4.69) is 5.32 Å². The number of carbonyl (C=O) groups is 1. The molecule has 5 nitrogen and oxygen atoms in total. The Morgan fingerprint density at radius 1 is 1.23 bits per heavy atom. The van der Waals surface area contributed by atoms with Crippen molar-refractivity contribution in [1.29, 1.82) is 0 Å². The first-order valence-electron chi connectivity index (χ1n) is 7.00. The fraction of sp³-hybridized carbons (Fsp3) is 0.235. The van der Waals surface area contributed by atoms with E-state index in [-0.39, 0.29) is 5.91 Å². The van der Waals surface area contributed by atoms with Gasteiger partial charge in [-0.25, -0.2) is 0 Å². The van der Waals surface area contributed by atoms with Crippen LogP contribution in [0.3, 0.4) is 0 Å². The van der Waals surface area contributed by atoms with Crippen molar-refractivity contribution >= 4 is 17.3 Å². The molecule has 1 atom stereocenters. The lowest BCUT2D eigenvalue weighted by atomic mass is 10.2. The van der Waals surface area contributed by atoms with Crippen molar-refractivity contribution in [3.63, 3.8) is 0 Å². The van der Waals surface area contributed by atoms with Crippen LogP contribution in [0.25, 0.3) is 0 Å². The highest BCUT2D eigenvalue weighted by Gasteiger charge is 2.15. The first-order valence-corrected chi connectivity index (χ1v) is 7.00. The van der Waals surface area contributed by atoms with Gasteiger partial charge in [0.05, 0.1) is 19.4 Å². The van der Waals surface area contributed by atoms with Gasteiger partial charge in [-0.15, -0.1) is 0 Å². The van der Waals surface area contributed by atoms with E-state index in [1.54, 1.807) is 25.1 Å². The molecule has 0 bridgehead atoms. The lowest BCUT2D eigenvalue weighted by molar-refractivity contribution is -0.127. The third-order valence-corrected chi connectivity index (χ3v) is 3.19. The second-order valence-electron chi connectivity index (χ2n) is 4.89. The summed E-state index contributed by atoms with van der Waals surface area (Å²) in [4.78, 5) is 12.2. The Bertz CT molecular complexity index is 629. The lowest BCUT2D eigenvalue weighted by Crippen LogP contribution is -2.27. The minimum atomic E-state index is -0.591. The topological polar surface area (TPSA) is 73.6 Å². The van der Waals surface area contributed by atoms with E-state index in [9.17, 15) is 4.79 Å². The molecule has 1 unspecified atom stereocenters. The molecule has 1 amide bonds. The maximum absolute atomic E-state index is 12.2. The van der Waals surface area contributed by atoms with E-state index in [1.807, 2.05) is 30.3 Å². The number of amides is 1. The molecule has 2 aromatic carbocycles. The molecule has 0 aliphatic rings. The standard InChI is InChI=1S/C17H20N2O3/c1-12(22-11-13-6-4-3-5-7-13)17(20)19-15-10-14(18)8-9-16(15)21-2/h3-10,12H,11,18H2,1-2H3,(H,19,20). The van der Waals surface area contributed by atoms with E-state index in [0.717, 1.165) is 5.56 Å². The molecule has 0 aliphatic carbocycles. The molecular weight excluding hydrogens is 280 g/mol. The summed E-state index contributed by atoms with van der Waals surface area (Å²) in [7, 11) is 1.54. The van der Waals surface area contributed by atoms with Gasteiger partial charge in [-0.05, 0) is 30.7 Å². The second kappa shape index (κ2) is 7.47. The number of rotatable bonds is 6. The van der Waals surface area contributed by atoms with Crippen LogP contribution in [0.15, 0.2) is 48.5 Å². The number of anilines is 2. The first kappa shape index (κ1) is 15.9. The number of hydrogen-bond acceptors (Lipinski definition) is 4. The number of nitrogens with two attached hydrogens (primary N) is 1. The summed E-state index contributed by atoms with van der Waals surface area (Å²) < 4.78 is 10.8. The third kappa shape index (κ3) is 4.23. The maximum Gasteiger partial charge on any atom is 0.253 e. The minimum Gasteiger partial charge on any atom is -0.495 e. The fourth-order valence-corrected chi connectivity index (χ4v) is 1.93. The van der Waals surface area contributed by atoms with Crippen LogP contribution in [0, 0.1) is 0 Å². The van der Waals surface area contributed by atoms with Gasteiger partial charge in [0, 0.05) is 5.69 Å². The van der Waals surface area contributed by atoms with Gasteiger partial charge in [0.15, 0.2) is 0 Å². The van der Waals surface area contributed by atoms with Crippen LogP contribution in [0.5, 0.6) is 5.75 Å². The van der Waals surface area contributed by atoms with E-state index < -0.39 is 6.10 Å². The second-order valence-corrected chi connectivity index (χ2v) is 4.89. The Morgan fingerprint density at radius 2 is 1.95 bits per heavy atom. The molecule has 0 saturated heterocycles. The molecule has 0 saturated carbocycles. The lowest BCUT2D eigenvalue weighted by Gasteiger charge is -2.15. The van der Waals surface area contributed by atoms with Crippen LogP contribution in [-0.4, -0.2) is 19.1 Å². The van der Waals surface area contributed by atoms with Crippen molar-refractivity contribution in [3.8, 4) is 5.75 Å². The summed E-state index contributed by atoms with van der Waals surface area (Å²) in [6, 6.07) is 14.8. The van der Waals surface area contributed by atoms with Crippen molar-refractivity contribution in [1.82, 2.24) is 0 Å². The number of benzene rings is 2. The summed E-state index contributed by atoms with van der Waals surface area (Å²) >= 11 is 0. The number of nitrogens with one attached hydrogen (secondary N) is 1. The summed E-state index contributed by atoms with van der Waals surface area (Å²) in [5.41, 5.74) is 7.83. The smallest absolute Gasteiger partial charge is 0.253 e. The van der Waals surface area contributed by atoms with Gasteiger partial charge in [0.25, 0.3) is 5.91 Å². The van der Waals surface area contributed by atoms with Crippen LogP contribution >= 0.6 is 0 Å². The molecule has 22 heavy (non-hydrogen) atoms. The van der Waals surface area contributed by atoms with Gasteiger partial charge in [0.1, 0.15) is 11.9 Å². The highest BCUT2D eigenvalue weighted by Crippen LogP contribution is 2.26. The third-order valence-electron chi connectivity index (χ3n) is 3.19. The van der Waals surface area contributed by atoms with Crippen LogP contribution < -0.4 is 15.8 Å². The highest BCUT2D eigenvalue weighted by molar-refractivity contribution is 5.95. The Hall–Kier alpha value is -2.53. The van der Waals surface area contributed by atoms with Crippen molar-refractivity contribution in [2.75, 3.05) is 18.2 Å². The van der Waals surface area contributed by atoms with Gasteiger partial charge in [-0.1, -0.05) is 30.3 Å². The Labute approximate surface area is 130 Å². The van der Waals surface area contributed by atoms with Crippen LogP contribution in [0.4, 0.5) is 11.4 Å². The summed E-state index contributed by atoms with van der Waals surface area (Å²) in [6.07, 6.45) is -0.591. The average molecular weight is 300 g/mol. The SMILES string of the molecule is COc1ccc(N)cc1NC(=O)C(C)OCc1ccccc1. The Morgan fingerprint density at radius 3 is 2.64 bits per heavy atom. The van der Waals surface area contributed by atoms with Crippen molar-refractivity contribution in [3.05, 3.63) is 54.1 Å². The number of methoxy groups -OCH3 is 1. The molecule has 5 heteroatoms. The molecule has 2 aromatic rings. The van der Waals surface area contributed by atoms with Gasteiger partial charge < -0.3 is 20.5 Å². The first-order chi connectivity index (χ1) is 10.6. The summed E-state index contributed by atoms with van der Waals surface area (Å²) in [6.45, 7) is 2.08. The van der Waals surface area contributed by atoms with Gasteiger partial charge in [-0.2, -0.15) is 0 Å². The number of hydrogen-bond donors (Lipinski definition) is 2. The van der Waals surface area contributed by atoms with Gasteiger partial charge in [-0.3, -0.25) is 4.79 Å². The van der Waals surface area contributed by atoms with E-state index in [0.29, 0.717) is 23.7 Å². The predicted octanol–water partition coefficient (Wildman–Crippen LogP) is 2.82. The summed E-state index contributed by atoms with van der Waals surface area (Å²) in [5, 5.41) is 2.77. The van der Waals surface area contributed by atoms with E-state index in [1.165, 1.54) is 7.11 Å². The van der Waals surface area contributed by atoms with E-state index in [4.69, 9.17) is 15.2 Å². The number of nitrogen functional groups attached to an aromatic ring is 1. The quantitative estimate of drug-likeness (QED) is 0.805. The summed E-state index contributed by atoms with van der Waals surface area (Å²) in [5.74, 6) is 0.303. The number of carbonyl (C=O) groups excluding carboxylic acids is 1. The molecule has 0 radical (unpaired) electrons. The fourth-order valence-electron chi connectivity index (χ4n) is 1.93. The minimum absolute atomic E-state index is 0.250. The molecule has 0 heterocycles. The number of ether oxygens (including phenoxy) is 2. The van der Waals surface area contributed by atoms with Crippen LogP contribution in [0.2, 0.25) is 0 Å². The molecule has 0 spiro atoms. The maximum atomic E-state index is 12.2. The Kier molecular flexibility index (Phi) is 5.38. The molecule has 3 N–H and O–H groups in total. The van der Waals surface area contributed by atoms with Crippen molar-refractivity contribution in [2.24, 2.45) is 0 Å². The van der Waals surface area contributed by atoms with Crippen molar-refractivity contribution < 1.29 is 14.3 Å². The Balaban J connectivity index is 1.95. The molecule has 0 aliphatic heterocycles. The predicted molar refractivity (Wildman–Crippen MR) is 86.7 cm³/mol. The highest BCUT2D eigenvalue weighted by atomic mass is 16.5. The zero-order valence-corrected chi connectivity index (χ0v) is 12.7. The zero-order valence-electron chi connectivity index (χ0n) is 12.7. The largest absolute Gasteiger partial charge is 0.495 e.